The van der Waals surface area contributed by atoms with E-state index in [9.17, 15) is 5.11 Å². The van der Waals surface area contributed by atoms with E-state index in [0.717, 1.165) is 5.69 Å². The molecule has 0 radical (unpaired) electrons. The van der Waals surface area contributed by atoms with Crippen LogP contribution in [0.2, 0.25) is 5.02 Å². The Morgan fingerprint density at radius 3 is 2.62 bits per heavy atom. The van der Waals surface area contributed by atoms with Gasteiger partial charge in [0.15, 0.2) is 0 Å². The molecule has 2 aromatic carbocycles. The topological polar surface area (TPSA) is 50.7 Å². The summed E-state index contributed by atoms with van der Waals surface area (Å²) in [7, 11) is 3.16. The van der Waals surface area contributed by atoms with Crippen LogP contribution in [0, 0.1) is 0 Å². The quantitative estimate of drug-likeness (QED) is 0.857. The van der Waals surface area contributed by atoms with Crippen LogP contribution in [0.25, 0.3) is 0 Å². The minimum atomic E-state index is -0.728. The van der Waals surface area contributed by atoms with Gasteiger partial charge in [0.2, 0.25) is 0 Å². The minimum absolute atomic E-state index is 0.337. The summed E-state index contributed by atoms with van der Waals surface area (Å²) in [5.74, 6) is 1.30. The Bertz CT molecular complexity index is 604. The Labute approximate surface area is 129 Å². The maximum atomic E-state index is 10.4. The van der Waals surface area contributed by atoms with Crippen molar-refractivity contribution < 1.29 is 14.6 Å². The minimum Gasteiger partial charge on any atom is -0.497 e. The molecule has 1 atom stereocenters. The van der Waals surface area contributed by atoms with Gasteiger partial charge in [-0.25, -0.2) is 0 Å². The summed E-state index contributed by atoms with van der Waals surface area (Å²) in [4.78, 5) is 0. The fraction of sp³-hybridized carbons (Fsp3) is 0.250. The van der Waals surface area contributed by atoms with Crippen LogP contribution in [0.1, 0.15) is 11.7 Å². The van der Waals surface area contributed by atoms with Crippen molar-refractivity contribution in [1.29, 1.82) is 0 Å². The number of aliphatic hydroxyl groups is 1. The second-order valence-electron chi connectivity index (χ2n) is 4.51. The molecule has 0 aliphatic carbocycles. The number of methoxy groups -OCH3 is 2. The third kappa shape index (κ3) is 4.03. The van der Waals surface area contributed by atoms with E-state index >= 15 is 0 Å². The number of hydrogen-bond donors (Lipinski definition) is 2. The molecular weight excluding hydrogens is 290 g/mol. The second kappa shape index (κ2) is 7.20. The van der Waals surface area contributed by atoms with Gasteiger partial charge in [0, 0.05) is 22.8 Å². The first-order valence-electron chi connectivity index (χ1n) is 6.53. The van der Waals surface area contributed by atoms with Gasteiger partial charge in [-0.05, 0) is 36.4 Å². The van der Waals surface area contributed by atoms with Crippen LogP contribution in [0.15, 0.2) is 42.5 Å². The number of rotatable bonds is 6. The van der Waals surface area contributed by atoms with E-state index in [4.69, 9.17) is 21.1 Å². The van der Waals surface area contributed by atoms with Gasteiger partial charge in [0.25, 0.3) is 0 Å². The molecule has 0 aliphatic heterocycles. The molecule has 0 fully saturated rings. The summed E-state index contributed by atoms with van der Waals surface area (Å²) >= 11 is 5.93. The fourth-order valence-corrected chi connectivity index (χ4v) is 2.21. The molecule has 0 saturated heterocycles. The third-order valence-electron chi connectivity index (χ3n) is 3.12. The average Bonchev–Trinajstić information content (AvgIpc) is 2.52. The van der Waals surface area contributed by atoms with Gasteiger partial charge in [-0.2, -0.15) is 0 Å². The molecule has 0 bridgehead atoms. The van der Waals surface area contributed by atoms with E-state index in [2.05, 4.69) is 5.32 Å². The Kier molecular flexibility index (Phi) is 5.31. The first-order chi connectivity index (χ1) is 10.1. The summed E-state index contributed by atoms with van der Waals surface area (Å²) in [5.41, 5.74) is 1.52. The lowest BCUT2D eigenvalue weighted by Gasteiger charge is -2.17. The molecule has 2 aromatic rings. The number of benzene rings is 2. The number of nitrogens with one attached hydrogen (secondary N) is 1. The molecule has 112 valence electrons. The van der Waals surface area contributed by atoms with E-state index in [0.29, 0.717) is 28.6 Å². The standard InChI is InChI=1S/C16H18ClNO3/c1-20-13-6-7-16(21-2)14(9-13)15(19)10-18-12-5-3-4-11(17)8-12/h3-9,15,18-19H,10H2,1-2H3. The largest absolute Gasteiger partial charge is 0.497 e. The number of anilines is 1. The fourth-order valence-electron chi connectivity index (χ4n) is 2.02. The molecule has 2 rings (SSSR count). The van der Waals surface area contributed by atoms with Crippen molar-refractivity contribution >= 4 is 17.3 Å². The van der Waals surface area contributed by atoms with E-state index in [1.807, 2.05) is 12.1 Å². The van der Waals surface area contributed by atoms with Gasteiger partial charge in [-0.1, -0.05) is 17.7 Å². The van der Waals surface area contributed by atoms with Crippen molar-refractivity contribution in [2.45, 2.75) is 6.10 Å². The van der Waals surface area contributed by atoms with Crippen molar-refractivity contribution in [2.24, 2.45) is 0 Å². The summed E-state index contributed by atoms with van der Waals surface area (Å²) in [5, 5.41) is 14.1. The van der Waals surface area contributed by atoms with E-state index in [-0.39, 0.29) is 0 Å². The smallest absolute Gasteiger partial charge is 0.124 e. The zero-order chi connectivity index (χ0) is 15.2. The predicted octanol–water partition coefficient (Wildman–Crippen LogP) is 3.50. The van der Waals surface area contributed by atoms with Crippen LogP contribution in [0.3, 0.4) is 0 Å². The monoisotopic (exact) mass is 307 g/mol. The van der Waals surface area contributed by atoms with Gasteiger partial charge in [-0.3, -0.25) is 0 Å². The Balaban J connectivity index is 2.10. The molecule has 0 aliphatic rings. The van der Waals surface area contributed by atoms with E-state index in [1.165, 1.54) is 0 Å². The third-order valence-corrected chi connectivity index (χ3v) is 3.36. The van der Waals surface area contributed by atoms with Crippen molar-refractivity contribution in [2.75, 3.05) is 26.1 Å². The van der Waals surface area contributed by atoms with Crippen LogP contribution in [-0.2, 0) is 0 Å². The highest BCUT2D eigenvalue weighted by molar-refractivity contribution is 6.30. The average molecular weight is 308 g/mol. The zero-order valence-electron chi connectivity index (χ0n) is 12.0. The van der Waals surface area contributed by atoms with Crippen molar-refractivity contribution in [3.63, 3.8) is 0 Å². The number of hydrogen-bond acceptors (Lipinski definition) is 4. The maximum Gasteiger partial charge on any atom is 0.124 e. The van der Waals surface area contributed by atoms with Gasteiger partial charge >= 0.3 is 0 Å². The summed E-state index contributed by atoms with van der Waals surface area (Å²) in [6.07, 6.45) is -0.728. The first-order valence-corrected chi connectivity index (χ1v) is 6.91. The van der Waals surface area contributed by atoms with Crippen LogP contribution >= 0.6 is 11.6 Å². The summed E-state index contributed by atoms with van der Waals surface area (Å²) in [6.45, 7) is 0.337. The van der Waals surface area contributed by atoms with Crippen molar-refractivity contribution in [3.05, 3.63) is 53.1 Å². The molecular formula is C16H18ClNO3. The normalized spacial score (nSPS) is 11.8. The first kappa shape index (κ1) is 15.5. The number of aliphatic hydroxyl groups excluding tert-OH is 1. The van der Waals surface area contributed by atoms with Crippen molar-refractivity contribution in [1.82, 2.24) is 0 Å². The van der Waals surface area contributed by atoms with Gasteiger partial charge in [0.05, 0.1) is 20.3 Å². The van der Waals surface area contributed by atoms with Crippen LogP contribution in [0.5, 0.6) is 11.5 Å². The molecule has 1 unspecified atom stereocenters. The maximum absolute atomic E-state index is 10.4. The highest BCUT2D eigenvalue weighted by Gasteiger charge is 2.14. The molecule has 2 N–H and O–H groups in total. The van der Waals surface area contributed by atoms with Crippen molar-refractivity contribution in [3.8, 4) is 11.5 Å². The Morgan fingerprint density at radius 1 is 1.14 bits per heavy atom. The SMILES string of the molecule is COc1ccc(OC)c(C(O)CNc2cccc(Cl)c2)c1. The lowest BCUT2D eigenvalue weighted by Crippen LogP contribution is -2.13. The van der Waals surface area contributed by atoms with Gasteiger partial charge < -0.3 is 19.9 Å². The Morgan fingerprint density at radius 2 is 1.95 bits per heavy atom. The van der Waals surface area contributed by atoms with Gasteiger partial charge in [-0.15, -0.1) is 0 Å². The molecule has 0 aromatic heterocycles. The lowest BCUT2D eigenvalue weighted by molar-refractivity contribution is 0.186. The number of ether oxygens (including phenoxy) is 2. The molecule has 0 amide bonds. The molecule has 5 heteroatoms. The lowest BCUT2D eigenvalue weighted by atomic mass is 10.1. The van der Waals surface area contributed by atoms with Crippen LogP contribution < -0.4 is 14.8 Å². The van der Waals surface area contributed by atoms with Crippen LogP contribution in [0.4, 0.5) is 5.69 Å². The zero-order valence-corrected chi connectivity index (χ0v) is 12.7. The van der Waals surface area contributed by atoms with Gasteiger partial charge in [0.1, 0.15) is 11.5 Å². The summed E-state index contributed by atoms with van der Waals surface area (Å²) in [6, 6.07) is 12.7. The number of halogens is 1. The molecule has 21 heavy (non-hydrogen) atoms. The van der Waals surface area contributed by atoms with E-state index < -0.39 is 6.10 Å². The highest BCUT2D eigenvalue weighted by atomic mass is 35.5. The molecule has 0 spiro atoms. The predicted molar refractivity (Wildman–Crippen MR) is 84.4 cm³/mol. The molecule has 0 saturated carbocycles. The summed E-state index contributed by atoms with van der Waals surface area (Å²) < 4.78 is 10.5. The second-order valence-corrected chi connectivity index (χ2v) is 4.95. The molecule has 0 heterocycles. The molecule has 4 nitrogen and oxygen atoms in total. The Hall–Kier alpha value is -1.91. The van der Waals surface area contributed by atoms with Crippen LogP contribution in [-0.4, -0.2) is 25.9 Å². The highest BCUT2D eigenvalue weighted by Crippen LogP contribution is 2.29. The van der Waals surface area contributed by atoms with E-state index in [1.54, 1.807) is 44.6 Å².